The quantitative estimate of drug-likeness (QED) is 0.338. The lowest BCUT2D eigenvalue weighted by atomic mass is 9.76. The molecule has 26 heavy (non-hydrogen) atoms. The number of benzene rings is 1. The Morgan fingerprint density at radius 3 is 2.73 bits per heavy atom. The number of rotatable bonds is 7. The highest BCUT2D eigenvalue weighted by Gasteiger charge is 2.39. The van der Waals surface area contributed by atoms with Gasteiger partial charge in [-0.3, -0.25) is 9.69 Å². The van der Waals surface area contributed by atoms with Gasteiger partial charge in [-0.1, -0.05) is 29.8 Å². The smallest absolute Gasteiger partial charge is 0.294 e. The summed E-state index contributed by atoms with van der Waals surface area (Å²) in [7, 11) is -3.69. The second kappa shape index (κ2) is 7.59. The third-order valence-corrected chi connectivity index (χ3v) is 6.18. The molecule has 8 heteroatoms. The van der Waals surface area contributed by atoms with E-state index < -0.39 is 10.0 Å². The first-order chi connectivity index (χ1) is 12.4. The van der Waals surface area contributed by atoms with Crippen molar-refractivity contribution in [2.45, 2.75) is 31.2 Å². The number of aryl methyl sites for hydroxylation is 1. The molecule has 3 unspecified atom stereocenters. The number of hydrogen-bond acceptors (Lipinski definition) is 6. The lowest BCUT2D eigenvalue weighted by molar-refractivity contribution is -0.135. The Morgan fingerprint density at radius 1 is 1.35 bits per heavy atom. The first-order valence-corrected chi connectivity index (χ1v) is 9.99. The third kappa shape index (κ3) is 3.96. The molecule has 0 saturated carbocycles. The summed E-state index contributed by atoms with van der Waals surface area (Å²) in [5.74, 6) is 0.425. The van der Waals surface area contributed by atoms with E-state index in [9.17, 15) is 13.2 Å². The molecule has 1 fully saturated rings. The zero-order valence-electron chi connectivity index (χ0n) is 14.8. The first-order valence-electron chi connectivity index (χ1n) is 8.51. The van der Waals surface area contributed by atoms with Gasteiger partial charge in [0.25, 0.3) is 16.5 Å². The molecule has 3 atom stereocenters. The zero-order valence-corrected chi connectivity index (χ0v) is 15.6. The van der Waals surface area contributed by atoms with Crippen LogP contribution in [-0.2, 0) is 19.6 Å². The molecule has 1 aromatic rings. The van der Waals surface area contributed by atoms with E-state index in [4.69, 9.17) is 4.74 Å². The molecule has 7 nitrogen and oxygen atoms in total. The van der Waals surface area contributed by atoms with E-state index in [-0.39, 0.29) is 23.6 Å². The normalized spacial score (nSPS) is 25.9. The standard InChI is InChI=1S/C18H23N3O4S/c1-13-3-6-16(7-4-13)26(23,24)20-19-14(2)17-9-15-5-8-18(17)21(10-15)11-25-12-22/h3-8,12,15,17-18,20H,9-11H2,1-2H3/b19-14-. The molecule has 1 aliphatic carbocycles. The number of piperidine rings is 1. The van der Waals surface area contributed by atoms with Gasteiger partial charge in [-0.25, -0.2) is 4.83 Å². The average Bonchev–Trinajstić information content (AvgIpc) is 2.65. The minimum Gasteiger partial charge on any atom is -0.452 e. The van der Waals surface area contributed by atoms with Crippen molar-refractivity contribution in [3.63, 3.8) is 0 Å². The molecular weight excluding hydrogens is 354 g/mol. The second-order valence-corrected chi connectivity index (χ2v) is 8.46. The van der Waals surface area contributed by atoms with Crippen molar-refractivity contribution in [2.75, 3.05) is 13.3 Å². The minimum absolute atomic E-state index is 0.0487. The van der Waals surface area contributed by atoms with Gasteiger partial charge in [0.1, 0.15) is 6.73 Å². The van der Waals surface area contributed by atoms with Gasteiger partial charge in [0, 0.05) is 24.2 Å². The molecule has 3 aliphatic rings. The highest BCUT2D eigenvalue weighted by atomic mass is 32.2. The number of ether oxygens (including phenoxy) is 1. The van der Waals surface area contributed by atoms with E-state index in [2.05, 4.69) is 27.0 Å². The van der Waals surface area contributed by atoms with Gasteiger partial charge in [0.15, 0.2) is 0 Å². The van der Waals surface area contributed by atoms with Crippen LogP contribution < -0.4 is 4.83 Å². The molecule has 0 spiro atoms. The van der Waals surface area contributed by atoms with Gasteiger partial charge >= 0.3 is 0 Å². The molecule has 0 radical (unpaired) electrons. The fourth-order valence-electron chi connectivity index (χ4n) is 3.55. The molecular formula is C18H23N3O4S. The third-order valence-electron chi connectivity index (χ3n) is 4.96. The molecule has 140 valence electrons. The fraction of sp³-hybridized carbons (Fsp3) is 0.444. The minimum atomic E-state index is -3.69. The molecule has 0 amide bonds. The van der Waals surface area contributed by atoms with E-state index in [1.165, 1.54) is 0 Å². The van der Waals surface area contributed by atoms with Crippen molar-refractivity contribution in [3.05, 3.63) is 42.0 Å². The van der Waals surface area contributed by atoms with Crippen LogP contribution >= 0.6 is 0 Å². The van der Waals surface area contributed by atoms with Crippen LogP contribution in [0, 0.1) is 18.8 Å². The number of nitrogens with zero attached hydrogens (tertiary/aromatic N) is 2. The number of hydrazone groups is 1. The summed E-state index contributed by atoms with van der Waals surface area (Å²) in [6.07, 6.45) is 5.16. The predicted molar refractivity (Wildman–Crippen MR) is 97.9 cm³/mol. The Labute approximate surface area is 153 Å². The maximum Gasteiger partial charge on any atom is 0.294 e. The monoisotopic (exact) mass is 377 g/mol. The Hall–Kier alpha value is -2.19. The van der Waals surface area contributed by atoms with Crippen LogP contribution in [0.25, 0.3) is 0 Å². The number of fused-ring (bicyclic) bond motifs is 2. The van der Waals surface area contributed by atoms with Crippen molar-refractivity contribution < 1.29 is 17.9 Å². The fourth-order valence-corrected chi connectivity index (χ4v) is 4.42. The highest BCUT2D eigenvalue weighted by Crippen LogP contribution is 2.35. The van der Waals surface area contributed by atoms with Crippen LogP contribution in [0.3, 0.4) is 0 Å². The Bertz CT molecular complexity index is 817. The number of carbonyl (C=O) groups excluding carboxylic acids is 1. The SMILES string of the molecule is C/C(=N/NS(=O)(=O)c1ccc(C)cc1)C1CC2C=CC1N(COC=O)C2. The van der Waals surface area contributed by atoms with Crippen molar-refractivity contribution in [1.29, 1.82) is 0 Å². The van der Waals surface area contributed by atoms with Gasteiger partial charge in [0.05, 0.1) is 4.90 Å². The van der Waals surface area contributed by atoms with Crippen molar-refractivity contribution >= 4 is 22.2 Å². The summed E-state index contributed by atoms with van der Waals surface area (Å²) in [4.78, 5) is 15.1. The largest absolute Gasteiger partial charge is 0.452 e. The molecule has 1 N–H and O–H groups in total. The van der Waals surface area contributed by atoms with Crippen LogP contribution in [0.15, 0.2) is 46.4 Å². The van der Waals surface area contributed by atoms with Crippen molar-refractivity contribution in [3.8, 4) is 0 Å². The Kier molecular flexibility index (Phi) is 5.43. The lowest BCUT2D eigenvalue weighted by Gasteiger charge is -2.45. The summed E-state index contributed by atoms with van der Waals surface area (Å²) in [5, 5.41) is 4.16. The van der Waals surface area contributed by atoms with Gasteiger partial charge in [0.2, 0.25) is 0 Å². The molecule has 0 aromatic heterocycles. The maximum atomic E-state index is 12.4. The molecule has 4 rings (SSSR count). The first kappa shape index (κ1) is 18.6. The number of nitrogens with one attached hydrogen (secondary N) is 1. The van der Waals surface area contributed by atoms with Gasteiger partial charge in [-0.2, -0.15) is 13.5 Å². The second-order valence-electron chi connectivity index (χ2n) is 6.80. The van der Waals surface area contributed by atoms with E-state index in [0.29, 0.717) is 12.4 Å². The Morgan fingerprint density at radius 2 is 2.08 bits per heavy atom. The van der Waals surface area contributed by atoms with Gasteiger partial charge in [-0.05, 0) is 38.3 Å². The van der Waals surface area contributed by atoms with Gasteiger partial charge < -0.3 is 4.74 Å². The molecule has 2 aliphatic heterocycles. The van der Waals surface area contributed by atoms with E-state index in [1.54, 1.807) is 24.3 Å². The Balaban J connectivity index is 1.72. The molecule has 2 heterocycles. The summed E-state index contributed by atoms with van der Waals surface area (Å²) >= 11 is 0. The van der Waals surface area contributed by atoms with Crippen LogP contribution in [0.5, 0.6) is 0 Å². The summed E-state index contributed by atoms with van der Waals surface area (Å²) in [6, 6.07) is 6.67. The molecule has 1 saturated heterocycles. The number of carbonyl (C=O) groups is 1. The molecule has 2 bridgehead atoms. The lowest BCUT2D eigenvalue weighted by Crippen LogP contribution is -2.53. The van der Waals surface area contributed by atoms with Crippen LogP contribution in [0.4, 0.5) is 0 Å². The van der Waals surface area contributed by atoms with Crippen molar-refractivity contribution in [1.82, 2.24) is 9.73 Å². The zero-order chi connectivity index (χ0) is 18.7. The van der Waals surface area contributed by atoms with Crippen LogP contribution in [0.2, 0.25) is 0 Å². The van der Waals surface area contributed by atoms with Gasteiger partial charge in [-0.15, -0.1) is 0 Å². The predicted octanol–water partition coefficient (Wildman–Crippen LogP) is 1.66. The van der Waals surface area contributed by atoms with E-state index in [0.717, 1.165) is 24.2 Å². The maximum absolute atomic E-state index is 12.4. The summed E-state index contributed by atoms with van der Waals surface area (Å²) < 4.78 is 29.7. The highest BCUT2D eigenvalue weighted by molar-refractivity contribution is 7.89. The van der Waals surface area contributed by atoms with E-state index in [1.807, 2.05) is 13.8 Å². The summed E-state index contributed by atoms with van der Waals surface area (Å²) in [6.45, 7) is 5.23. The van der Waals surface area contributed by atoms with E-state index >= 15 is 0 Å². The topological polar surface area (TPSA) is 88.1 Å². The van der Waals surface area contributed by atoms with Crippen LogP contribution in [-0.4, -0.2) is 44.8 Å². The number of hydrogen-bond donors (Lipinski definition) is 1. The van der Waals surface area contributed by atoms with Crippen LogP contribution in [0.1, 0.15) is 18.9 Å². The molecule has 1 aromatic carbocycles. The summed E-state index contributed by atoms with van der Waals surface area (Å²) in [5.41, 5.74) is 1.71. The van der Waals surface area contributed by atoms with Crippen molar-refractivity contribution in [2.24, 2.45) is 16.9 Å². The number of sulfonamides is 1. The average molecular weight is 377 g/mol.